The highest BCUT2D eigenvalue weighted by molar-refractivity contribution is 5.82. The molecule has 0 fully saturated rings. The lowest BCUT2D eigenvalue weighted by Crippen LogP contribution is -2.21. The summed E-state index contributed by atoms with van der Waals surface area (Å²) < 4.78 is 31.9. The molecule has 0 radical (unpaired) electrons. The normalized spacial score (nSPS) is 11.6. The maximum Gasteiger partial charge on any atom is 0.172 e. The summed E-state index contributed by atoms with van der Waals surface area (Å²) in [5, 5.41) is 3.37. The predicted octanol–water partition coefficient (Wildman–Crippen LogP) is 3.21. The molecule has 0 unspecified atom stereocenters. The largest absolute Gasteiger partial charge is 0.461 e. The summed E-state index contributed by atoms with van der Waals surface area (Å²) >= 11 is 0. The smallest absolute Gasteiger partial charge is 0.172 e. The lowest BCUT2D eigenvalue weighted by molar-refractivity contribution is 0.548. The zero-order valence-corrected chi connectivity index (χ0v) is 9.18. The molecule has 2 aromatic rings. The van der Waals surface area contributed by atoms with Gasteiger partial charge in [0.25, 0.3) is 0 Å². The Hall–Kier alpha value is -1.42. The van der Waals surface area contributed by atoms with Crippen LogP contribution in [0.4, 0.5) is 8.78 Å². The second-order valence-corrected chi connectivity index (χ2v) is 4.03. The molecule has 1 N–H and O–H groups in total. The van der Waals surface area contributed by atoms with Crippen LogP contribution in [0.3, 0.4) is 0 Å². The van der Waals surface area contributed by atoms with E-state index in [0.29, 0.717) is 12.1 Å². The second-order valence-electron chi connectivity index (χ2n) is 4.03. The highest BCUT2D eigenvalue weighted by atomic mass is 19.1. The number of hydrogen-bond donors (Lipinski definition) is 1. The molecule has 0 atom stereocenters. The maximum absolute atomic E-state index is 13.5. The molecule has 0 aliphatic heterocycles. The van der Waals surface area contributed by atoms with Gasteiger partial charge < -0.3 is 9.73 Å². The van der Waals surface area contributed by atoms with Crippen molar-refractivity contribution in [3.63, 3.8) is 0 Å². The number of fused-ring (bicyclic) bond motifs is 1. The molecule has 86 valence electrons. The standard InChI is InChI=1S/C12H13F2NO/c1-7(2)15-5-8-6-16-12-10(14)4-3-9(13)11(8)12/h3-4,6-7,15H,5H2,1-2H3. The van der Waals surface area contributed by atoms with Gasteiger partial charge in [0, 0.05) is 18.2 Å². The molecule has 2 nitrogen and oxygen atoms in total. The first-order chi connectivity index (χ1) is 7.59. The van der Waals surface area contributed by atoms with Crippen LogP contribution in [0.15, 0.2) is 22.8 Å². The van der Waals surface area contributed by atoms with E-state index >= 15 is 0 Å². The van der Waals surface area contributed by atoms with E-state index in [9.17, 15) is 8.78 Å². The molecule has 2 rings (SSSR count). The van der Waals surface area contributed by atoms with Gasteiger partial charge in [0.1, 0.15) is 5.82 Å². The predicted molar refractivity (Wildman–Crippen MR) is 58.1 cm³/mol. The molecule has 0 saturated carbocycles. The van der Waals surface area contributed by atoms with Crippen molar-refractivity contribution >= 4 is 11.0 Å². The molecule has 0 bridgehead atoms. The van der Waals surface area contributed by atoms with Crippen LogP contribution < -0.4 is 5.32 Å². The van der Waals surface area contributed by atoms with Gasteiger partial charge in [-0.15, -0.1) is 0 Å². The Morgan fingerprint density at radius 3 is 2.62 bits per heavy atom. The fraction of sp³-hybridized carbons (Fsp3) is 0.333. The fourth-order valence-electron chi connectivity index (χ4n) is 1.58. The average molecular weight is 225 g/mol. The summed E-state index contributed by atoms with van der Waals surface area (Å²) in [4.78, 5) is 0. The number of hydrogen-bond acceptors (Lipinski definition) is 2. The highest BCUT2D eigenvalue weighted by Crippen LogP contribution is 2.26. The molecule has 1 aromatic carbocycles. The Morgan fingerprint density at radius 1 is 1.25 bits per heavy atom. The molecule has 0 spiro atoms. The Kier molecular flexibility index (Phi) is 2.92. The van der Waals surface area contributed by atoms with E-state index in [0.717, 1.165) is 12.1 Å². The van der Waals surface area contributed by atoms with Crippen LogP contribution in [0.2, 0.25) is 0 Å². The number of halogens is 2. The molecular weight excluding hydrogens is 212 g/mol. The van der Waals surface area contributed by atoms with Crippen LogP contribution in [0.1, 0.15) is 19.4 Å². The van der Waals surface area contributed by atoms with E-state index in [1.165, 1.54) is 6.26 Å². The van der Waals surface area contributed by atoms with Crippen LogP contribution >= 0.6 is 0 Å². The maximum atomic E-state index is 13.5. The Morgan fingerprint density at radius 2 is 1.94 bits per heavy atom. The van der Waals surface area contributed by atoms with Gasteiger partial charge in [-0.1, -0.05) is 13.8 Å². The van der Waals surface area contributed by atoms with Crippen LogP contribution in [0.5, 0.6) is 0 Å². The Balaban J connectivity index is 2.43. The van der Waals surface area contributed by atoms with Gasteiger partial charge in [-0.05, 0) is 12.1 Å². The lowest BCUT2D eigenvalue weighted by atomic mass is 10.1. The van der Waals surface area contributed by atoms with E-state index in [1.807, 2.05) is 13.8 Å². The molecule has 16 heavy (non-hydrogen) atoms. The van der Waals surface area contributed by atoms with Gasteiger partial charge in [0.05, 0.1) is 11.6 Å². The number of benzene rings is 1. The zero-order chi connectivity index (χ0) is 11.7. The summed E-state index contributed by atoms with van der Waals surface area (Å²) in [6.07, 6.45) is 1.40. The third-order valence-electron chi connectivity index (χ3n) is 2.40. The Labute approximate surface area is 92.2 Å². The van der Waals surface area contributed by atoms with Crippen molar-refractivity contribution in [1.82, 2.24) is 5.32 Å². The van der Waals surface area contributed by atoms with Crippen molar-refractivity contribution in [1.29, 1.82) is 0 Å². The van der Waals surface area contributed by atoms with E-state index in [-0.39, 0.29) is 17.0 Å². The van der Waals surface area contributed by atoms with Crippen molar-refractivity contribution in [2.75, 3.05) is 0 Å². The van der Waals surface area contributed by atoms with E-state index < -0.39 is 11.6 Å². The SMILES string of the molecule is CC(C)NCc1coc2c(F)ccc(F)c12. The van der Waals surface area contributed by atoms with Crippen LogP contribution in [-0.4, -0.2) is 6.04 Å². The second kappa shape index (κ2) is 4.22. The van der Waals surface area contributed by atoms with Gasteiger partial charge in [-0.25, -0.2) is 8.78 Å². The number of nitrogens with one attached hydrogen (secondary N) is 1. The average Bonchev–Trinajstić information content (AvgIpc) is 2.65. The van der Waals surface area contributed by atoms with Gasteiger partial charge >= 0.3 is 0 Å². The molecule has 4 heteroatoms. The van der Waals surface area contributed by atoms with Gasteiger partial charge in [-0.2, -0.15) is 0 Å². The van der Waals surface area contributed by atoms with Gasteiger partial charge in [-0.3, -0.25) is 0 Å². The monoisotopic (exact) mass is 225 g/mol. The molecule has 0 aliphatic rings. The zero-order valence-electron chi connectivity index (χ0n) is 9.18. The van der Waals surface area contributed by atoms with Gasteiger partial charge in [0.2, 0.25) is 0 Å². The third-order valence-corrected chi connectivity index (χ3v) is 2.40. The summed E-state index contributed by atoms with van der Waals surface area (Å²) in [7, 11) is 0. The summed E-state index contributed by atoms with van der Waals surface area (Å²) in [5.74, 6) is -0.988. The van der Waals surface area contributed by atoms with Crippen molar-refractivity contribution in [2.24, 2.45) is 0 Å². The van der Waals surface area contributed by atoms with Crippen LogP contribution in [0, 0.1) is 11.6 Å². The first-order valence-electron chi connectivity index (χ1n) is 5.17. The quantitative estimate of drug-likeness (QED) is 0.867. The first kappa shape index (κ1) is 11.1. The van der Waals surface area contributed by atoms with Crippen molar-refractivity contribution in [3.05, 3.63) is 35.6 Å². The summed E-state index contributed by atoms with van der Waals surface area (Å²) in [6.45, 7) is 4.43. The molecule has 0 saturated heterocycles. The van der Waals surface area contributed by atoms with Crippen LogP contribution in [0.25, 0.3) is 11.0 Å². The van der Waals surface area contributed by atoms with E-state index in [2.05, 4.69) is 5.32 Å². The minimum atomic E-state index is -0.535. The van der Waals surface area contributed by atoms with Crippen LogP contribution in [-0.2, 0) is 6.54 Å². The fourth-order valence-corrected chi connectivity index (χ4v) is 1.58. The molecule has 1 heterocycles. The highest BCUT2D eigenvalue weighted by Gasteiger charge is 2.14. The molecular formula is C12H13F2NO. The minimum Gasteiger partial charge on any atom is -0.461 e. The topological polar surface area (TPSA) is 25.2 Å². The third kappa shape index (κ3) is 1.93. The van der Waals surface area contributed by atoms with E-state index in [4.69, 9.17) is 4.42 Å². The number of furan rings is 1. The van der Waals surface area contributed by atoms with Crippen molar-refractivity contribution < 1.29 is 13.2 Å². The summed E-state index contributed by atoms with van der Waals surface area (Å²) in [5.41, 5.74) is 0.626. The van der Waals surface area contributed by atoms with Crippen molar-refractivity contribution in [2.45, 2.75) is 26.4 Å². The molecule has 0 amide bonds. The van der Waals surface area contributed by atoms with E-state index in [1.54, 1.807) is 0 Å². The number of rotatable bonds is 3. The Bertz CT molecular complexity index is 505. The molecule has 0 aliphatic carbocycles. The lowest BCUT2D eigenvalue weighted by Gasteiger charge is -2.06. The van der Waals surface area contributed by atoms with Gasteiger partial charge in [0.15, 0.2) is 11.4 Å². The minimum absolute atomic E-state index is 0.0134. The molecule has 1 aromatic heterocycles. The first-order valence-corrected chi connectivity index (χ1v) is 5.17. The van der Waals surface area contributed by atoms with Crippen molar-refractivity contribution in [3.8, 4) is 0 Å². The summed E-state index contributed by atoms with van der Waals surface area (Å²) in [6, 6.07) is 2.47.